The van der Waals surface area contributed by atoms with Gasteiger partial charge in [-0.1, -0.05) is 84.6 Å². The average molecular weight is 605 g/mol. The van der Waals surface area contributed by atoms with Crippen molar-refractivity contribution in [1.29, 1.82) is 0 Å². The molecule has 1 atom stereocenters. The fraction of sp³-hybridized carbons (Fsp3) is 0.333. The predicted molar refractivity (Wildman–Crippen MR) is 161 cm³/mol. The van der Waals surface area contributed by atoms with Crippen LogP contribution in [-0.2, 0) is 26.2 Å². The van der Waals surface area contributed by atoms with Crippen LogP contribution in [0.4, 0.5) is 5.69 Å². The summed E-state index contributed by atoms with van der Waals surface area (Å²) in [4.78, 5) is 28.7. The second-order valence-electron chi connectivity index (χ2n) is 9.65. The van der Waals surface area contributed by atoms with Gasteiger partial charge in [-0.05, 0) is 62.6 Å². The Hall–Kier alpha value is -3.07. The molecule has 3 aromatic carbocycles. The van der Waals surface area contributed by atoms with Gasteiger partial charge in [-0.3, -0.25) is 13.9 Å². The van der Waals surface area contributed by atoms with E-state index in [-0.39, 0.29) is 33.1 Å². The molecule has 1 N–H and O–H groups in total. The van der Waals surface area contributed by atoms with Crippen molar-refractivity contribution in [3.8, 4) is 0 Å². The molecule has 0 unspecified atom stereocenters. The second-order valence-corrected chi connectivity index (χ2v) is 12.3. The molecule has 3 aromatic rings. The highest BCUT2D eigenvalue weighted by Crippen LogP contribution is 2.31. The van der Waals surface area contributed by atoms with Crippen molar-refractivity contribution in [2.75, 3.05) is 17.4 Å². The highest BCUT2D eigenvalue weighted by atomic mass is 35.5. The Balaban J connectivity index is 2.07. The Morgan fingerprint density at radius 2 is 1.48 bits per heavy atom. The molecule has 0 aliphatic carbocycles. The molecule has 10 heteroatoms. The third-order valence-electron chi connectivity index (χ3n) is 6.49. The third kappa shape index (κ3) is 7.77. The first-order valence-electron chi connectivity index (χ1n) is 13.1. The van der Waals surface area contributed by atoms with Gasteiger partial charge in [0.25, 0.3) is 10.0 Å². The second kappa shape index (κ2) is 14.0. The summed E-state index contributed by atoms with van der Waals surface area (Å²) in [5.74, 6) is -0.812. The first kappa shape index (κ1) is 31.5. The lowest BCUT2D eigenvalue weighted by Crippen LogP contribution is -2.52. The van der Waals surface area contributed by atoms with Crippen molar-refractivity contribution < 1.29 is 18.0 Å². The summed E-state index contributed by atoms with van der Waals surface area (Å²) in [6.45, 7) is 7.65. The Kier molecular flexibility index (Phi) is 11.0. The number of rotatable bonds is 12. The van der Waals surface area contributed by atoms with Crippen molar-refractivity contribution in [1.82, 2.24) is 10.2 Å². The zero-order chi connectivity index (χ0) is 29.4. The molecule has 40 heavy (non-hydrogen) atoms. The van der Waals surface area contributed by atoms with Gasteiger partial charge in [-0.25, -0.2) is 8.42 Å². The van der Waals surface area contributed by atoms with Crippen LogP contribution in [0.25, 0.3) is 0 Å². The molecule has 0 aromatic heterocycles. The quantitative estimate of drug-likeness (QED) is 0.269. The largest absolute Gasteiger partial charge is 0.354 e. The van der Waals surface area contributed by atoms with E-state index in [9.17, 15) is 18.0 Å². The summed E-state index contributed by atoms with van der Waals surface area (Å²) in [5, 5.41) is 3.28. The van der Waals surface area contributed by atoms with Gasteiger partial charge in [0.15, 0.2) is 0 Å². The van der Waals surface area contributed by atoms with Gasteiger partial charge in [-0.15, -0.1) is 0 Å². The standard InChI is InChI=1S/C30H35Cl2N3O4S/c1-5-17-33-30(37)28(6-2)34(19-23-11-7-21(3)8-12-23)29(36)20-35(24-13-16-26(31)27(32)18-24)40(38,39)25-14-9-22(4)10-15-25/h7-16,18,28H,5-6,17,19-20H2,1-4H3,(H,33,37)/t28-/m0/s1. The molecule has 0 bridgehead atoms. The van der Waals surface area contributed by atoms with Gasteiger partial charge < -0.3 is 10.2 Å². The molecule has 0 heterocycles. The van der Waals surface area contributed by atoms with Crippen LogP contribution in [0.1, 0.15) is 43.4 Å². The number of benzene rings is 3. The molecule has 0 aliphatic rings. The number of aryl methyl sites for hydroxylation is 2. The minimum absolute atomic E-state index is 0.0230. The van der Waals surface area contributed by atoms with E-state index < -0.39 is 28.5 Å². The molecule has 3 rings (SSSR count). The maximum atomic E-state index is 14.0. The fourth-order valence-corrected chi connectivity index (χ4v) is 5.88. The lowest BCUT2D eigenvalue weighted by molar-refractivity contribution is -0.140. The Bertz CT molecular complexity index is 1430. The predicted octanol–water partition coefficient (Wildman–Crippen LogP) is 6.14. The minimum Gasteiger partial charge on any atom is -0.354 e. The maximum absolute atomic E-state index is 14.0. The summed E-state index contributed by atoms with van der Waals surface area (Å²) < 4.78 is 28.8. The molecule has 0 radical (unpaired) electrons. The van der Waals surface area contributed by atoms with E-state index in [1.807, 2.05) is 52.0 Å². The fourth-order valence-electron chi connectivity index (χ4n) is 4.18. The molecule has 0 fully saturated rings. The number of amides is 2. The first-order valence-corrected chi connectivity index (χ1v) is 15.3. The van der Waals surface area contributed by atoms with Gasteiger partial charge in [0.2, 0.25) is 11.8 Å². The number of hydrogen-bond donors (Lipinski definition) is 1. The number of nitrogens with zero attached hydrogens (tertiary/aromatic N) is 2. The van der Waals surface area contributed by atoms with Crippen molar-refractivity contribution >= 4 is 50.7 Å². The Morgan fingerprint density at radius 1 is 0.875 bits per heavy atom. The van der Waals surface area contributed by atoms with Crippen LogP contribution in [0, 0.1) is 13.8 Å². The van der Waals surface area contributed by atoms with E-state index in [1.54, 1.807) is 12.1 Å². The van der Waals surface area contributed by atoms with E-state index in [0.717, 1.165) is 27.4 Å². The monoisotopic (exact) mass is 603 g/mol. The van der Waals surface area contributed by atoms with Crippen LogP contribution < -0.4 is 9.62 Å². The molecular weight excluding hydrogens is 569 g/mol. The SMILES string of the molecule is CCCNC(=O)[C@H](CC)N(Cc1ccc(C)cc1)C(=O)CN(c1ccc(Cl)c(Cl)c1)S(=O)(=O)c1ccc(C)cc1. The lowest BCUT2D eigenvalue weighted by atomic mass is 10.1. The van der Waals surface area contributed by atoms with E-state index in [0.29, 0.717) is 13.0 Å². The molecule has 0 saturated carbocycles. The summed E-state index contributed by atoms with van der Waals surface area (Å²) >= 11 is 12.4. The Labute approximate surface area is 247 Å². The van der Waals surface area contributed by atoms with Gasteiger partial charge in [0.05, 0.1) is 20.6 Å². The van der Waals surface area contributed by atoms with Crippen molar-refractivity contribution in [2.45, 2.75) is 58.0 Å². The number of anilines is 1. The molecule has 7 nitrogen and oxygen atoms in total. The maximum Gasteiger partial charge on any atom is 0.264 e. The van der Waals surface area contributed by atoms with Crippen LogP contribution in [0.2, 0.25) is 10.0 Å². The molecule has 0 spiro atoms. The highest BCUT2D eigenvalue weighted by molar-refractivity contribution is 7.92. The van der Waals surface area contributed by atoms with Crippen LogP contribution in [0.15, 0.2) is 71.6 Å². The molecule has 0 aliphatic heterocycles. The third-order valence-corrected chi connectivity index (χ3v) is 9.01. The van der Waals surface area contributed by atoms with Crippen LogP contribution >= 0.6 is 23.2 Å². The van der Waals surface area contributed by atoms with E-state index in [4.69, 9.17) is 23.2 Å². The van der Waals surface area contributed by atoms with Gasteiger partial charge >= 0.3 is 0 Å². The number of sulfonamides is 1. The topological polar surface area (TPSA) is 86.8 Å². The number of carbonyl (C=O) groups is 2. The number of nitrogens with one attached hydrogen (secondary N) is 1. The lowest BCUT2D eigenvalue weighted by Gasteiger charge is -2.33. The van der Waals surface area contributed by atoms with Gasteiger partial charge in [0, 0.05) is 13.1 Å². The number of carbonyl (C=O) groups excluding carboxylic acids is 2. The van der Waals surface area contributed by atoms with Crippen LogP contribution in [0.3, 0.4) is 0 Å². The van der Waals surface area contributed by atoms with Crippen molar-refractivity contribution in [3.63, 3.8) is 0 Å². The van der Waals surface area contributed by atoms with Crippen LogP contribution in [0.5, 0.6) is 0 Å². The van der Waals surface area contributed by atoms with Gasteiger partial charge in [-0.2, -0.15) is 0 Å². The Morgan fingerprint density at radius 3 is 2.02 bits per heavy atom. The first-order chi connectivity index (χ1) is 19.0. The van der Waals surface area contributed by atoms with Crippen molar-refractivity contribution in [3.05, 3.63) is 93.5 Å². The minimum atomic E-state index is -4.19. The number of hydrogen-bond acceptors (Lipinski definition) is 4. The molecule has 214 valence electrons. The van der Waals surface area contributed by atoms with E-state index >= 15 is 0 Å². The summed E-state index contributed by atoms with van der Waals surface area (Å²) in [6.07, 6.45) is 1.10. The van der Waals surface area contributed by atoms with E-state index in [2.05, 4.69) is 5.32 Å². The van der Waals surface area contributed by atoms with Crippen molar-refractivity contribution in [2.24, 2.45) is 0 Å². The van der Waals surface area contributed by atoms with Crippen LogP contribution in [-0.4, -0.2) is 44.3 Å². The summed E-state index contributed by atoms with van der Waals surface area (Å²) in [7, 11) is -4.19. The molecular formula is C30H35Cl2N3O4S. The smallest absolute Gasteiger partial charge is 0.264 e. The van der Waals surface area contributed by atoms with Gasteiger partial charge in [0.1, 0.15) is 12.6 Å². The number of halogens is 2. The molecule has 0 saturated heterocycles. The highest BCUT2D eigenvalue weighted by Gasteiger charge is 2.33. The summed E-state index contributed by atoms with van der Waals surface area (Å²) in [5.41, 5.74) is 2.96. The van der Waals surface area contributed by atoms with E-state index in [1.165, 1.54) is 35.2 Å². The molecule has 2 amide bonds. The summed E-state index contributed by atoms with van der Waals surface area (Å²) in [6, 6.07) is 17.6. The normalized spacial score (nSPS) is 12.1. The zero-order valence-electron chi connectivity index (χ0n) is 23.2. The average Bonchev–Trinajstić information content (AvgIpc) is 2.93. The zero-order valence-corrected chi connectivity index (χ0v) is 25.5.